The monoisotopic (exact) mass is 238 g/mol. The predicted octanol–water partition coefficient (Wildman–Crippen LogP) is 2.07. The van der Waals surface area contributed by atoms with E-state index in [1.54, 1.807) is 7.11 Å². The Bertz CT molecular complexity index is 342. The second kappa shape index (κ2) is 7.06. The summed E-state index contributed by atoms with van der Waals surface area (Å²) in [5.74, 6) is 0.867. The van der Waals surface area contributed by atoms with Crippen molar-refractivity contribution in [1.82, 2.24) is 10.6 Å². The van der Waals surface area contributed by atoms with Gasteiger partial charge in [0.2, 0.25) is 0 Å². The zero-order chi connectivity index (χ0) is 11.8. The zero-order valence-corrected chi connectivity index (χ0v) is 10.6. The van der Waals surface area contributed by atoms with Gasteiger partial charge >= 0.3 is 0 Å². The molecule has 2 N–H and O–H groups in total. The maximum Gasteiger partial charge on any atom is 0.166 e. The summed E-state index contributed by atoms with van der Waals surface area (Å²) in [5, 5.41) is 6.97. The Morgan fingerprint density at radius 3 is 2.88 bits per heavy atom. The van der Waals surface area contributed by atoms with E-state index in [1.165, 1.54) is 0 Å². The number of methoxy groups -OCH3 is 1. The normalized spacial score (nSPS) is 9.62. The molecule has 0 radical (unpaired) electrons. The van der Waals surface area contributed by atoms with Gasteiger partial charge < -0.3 is 15.4 Å². The van der Waals surface area contributed by atoms with E-state index in [0.29, 0.717) is 11.7 Å². The van der Waals surface area contributed by atoms with Crippen LogP contribution in [0.4, 0.5) is 0 Å². The van der Waals surface area contributed by atoms with E-state index in [4.69, 9.17) is 17.0 Å². The highest BCUT2D eigenvalue weighted by Gasteiger charge is 1.97. The molecule has 0 aliphatic heterocycles. The molecule has 0 fully saturated rings. The van der Waals surface area contributed by atoms with Crippen LogP contribution in [0.3, 0.4) is 0 Å². The summed E-state index contributed by atoms with van der Waals surface area (Å²) >= 11 is 5.13. The molecule has 0 atom stereocenters. The van der Waals surface area contributed by atoms with Crippen LogP contribution in [-0.4, -0.2) is 18.8 Å². The van der Waals surface area contributed by atoms with Gasteiger partial charge in [0.25, 0.3) is 0 Å². The molecule has 4 heteroatoms. The molecule has 0 unspecified atom stereocenters. The van der Waals surface area contributed by atoms with Gasteiger partial charge in [0.15, 0.2) is 5.11 Å². The molecular formula is C12H18N2OS. The van der Waals surface area contributed by atoms with Crippen LogP contribution in [0.2, 0.25) is 0 Å². The first kappa shape index (κ1) is 12.8. The fraction of sp³-hybridized carbons (Fsp3) is 0.417. The Labute approximate surface area is 102 Å². The number of hydrogen-bond acceptors (Lipinski definition) is 2. The SMILES string of the molecule is CCCNC(=S)NCc1cccc(OC)c1. The molecule has 0 amide bonds. The van der Waals surface area contributed by atoms with Crippen LogP contribution in [0.1, 0.15) is 18.9 Å². The minimum Gasteiger partial charge on any atom is -0.497 e. The number of rotatable bonds is 5. The molecule has 0 saturated carbocycles. The van der Waals surface area contributed by atoms with Crippen molar-refractivity contribution < 1.29 is 4.74 Å². The quantitative estimate of drug-likeness (QED) is 0.769. The predicted molar refractivity (Wildman–Crippen MR) is 70.7 cm³/mol. The van der Waals surface area contributed by atoms with Gasteiger partial charge in [0, 0.05) is 13.1 Å². The Kier molecular flexibility index (Phi) is 5.64. The highest BCUT2D eigenvalue weighted by Crippen LogP contribution is 2.11. The third-order valence-corrected chi connectivity index (χ3v) is 2.41. The Morgan fingerprint density at radius 2 is 2.19 bits per heavy atom. The van der Waals surface area contributed by atoms with Gasteiger partial charge in [-0.15, -0.1) is 0 Å². The third kappa shape index (κ3) is 4.49. The zero-order valence-electron chi connectivity index (χ0n) is 9.75. The second-order valence-electron chi connectivity index (χ2n) is 3.46. The van der Waals surface area contributed by atoms with Crippen molar-refractivity contribution in [1.29, 1.82) is 0 Å². The van der Waals surface area contributed by atoms with Gasteiger partial charge in [-0.1, -0.05) is 19.1 Å². The van der Waals surface area contributed by atoms with Crippen LogP contribution in [0, 0.1) is 0 Å². The van der Waals surface area contributed by atoms with Crippen LogP contribution in [-0.2, 0) is 6.54 Å². The van der Waals surface area contributed by atoms with E-state index in [-0.39, 0.29) is 0 Å². The highest BCUT2D eigenvalue weighted by molar-refractivity contribution is 7.80. The Morgan fingerprint density at radius 1 is 1.38 bits per heavy atom. The molecule has 0 aliphatic carbocycles. The van der Waals surface area contributed by atoms with Crippen LogP contribution in [0.5, 0.6) is 5.75 Å². The van der Waals surface area contributed by atoms with Gasteiger partial charge in [-0.25, -0.2) is 0 Å². The summed E-state index contributed by atoms with van der Waals surface area (Å²) in [5.41, 5.74) is 1.15. The van der Waals surface area contributed by atoms with Crippen molar-refractivity contribution in [3.8, 4) is 5.75 Å². The molecular weight excluding hydrogens is 220 g/mol. The summed E-state index contributed by atoms with van der Waals surface area (Å²) in [6.07, 6.45) is 1.07. The lowest BCUT2D eigenvalue weighted by atomic mass is 10.2. The fourth-order valence-electron chi connectivity index (χ4n) is 1.27. The van der Waals surface area contributed by atoms with Crippen molar-refractivity contribution in [2.45, 2.75) is 19.9 Å². The van der Waals surface area contributed by atoms with Crippen LogP contribution >= 0.6 is 12.2 Å². The molecule has 3 nitrogen and oxygen atoms in total. The van der Waals surface area contributed by atoms with Crippen molar-refractivity contribution in [3.05, 3.63) is 29.8 Å². The van der Waals surface area contributed by atoms with Crippen molar-refractivity contribution in [2.24, 2.45) is 0 Å². The highest BCUT2D eigenvalue weighted by atomic mass is 32.1. The molecule has 1 aromatic rings. The standard InChI is InChI=1S/C12H18N2OS/c1-3-7-13-12(16)14-9-10-5-4-6-11(8-10)15-2/h4-6,8H,3,7,9H2,1-2H3,(H2,13,14,16). The minimum atomic E-state index is 0.699. The largest absolute Gasteiger partial charge is 0.497 e. The van der Waals surface area contributed by atoms with Gasteiger partial charge in [-0.3, -0.25) is 0 Å². The molecule has 0 aliphatic rings. The van der Waals surface area contributed by atoms with Crippen LogP contribution < -0.4 is 15.4 Å². The first-order valence-corrected chi connectivity index (χ1v) is 5.81. The van der Waals surface area contributed by atoms with E-state index in [2.05, 4.69) is 17.6 Å². The van der Waals surface area contributed by atoms with Gasteiger partial charge in [-0.2, -0.15) is 0 Å². The molecule has 1 aromatic carbocycles. The lowest BCUT2D eigenvalue weighted by Gasteiger charge is -2.10. The van der Waals surface area contributed by atoms with E-state index in [0.717, 1.165) is 24.3 Å². The lowest BCUT2D eigenvalue weighted by molar-refractivity contribution is 0.414. The summed E-state index contributed by atoms with van der Waals surface area (Å²) < 4.78 is 5.15. The number of hydrogen-bond donors (Lipinski definition) is 2. The van der Waals surface area contributed by atoms with Crippen molar-refractivity contribution >= 4 is 17.3 Å². The van der Waals surface area contributed by atoms with Crippen molar-refractivity contribution in [2.75, 3.05) is 13.7 Å². The first-order valence-electron chi connectivity index (χ1n) is 5.41. The topological polar surface area (TPSA) is 33.3 Å². The average molecular weight is 238 g/mol. The minimum absolute atomic E-state index is 0.699. The fourth-order valence-corrected chi connectivity index (χ4v) is 1.44. The van der Waals surface area contributed by atoms with E-state index in [9.17, 15) is 0 Å². The second-order valence-corrected chi connectivity index (χ2v) is 3.87. The van der Waals surface area contributed by atoms with Gasteiger partial charge in [0.05, 0.1) is 7.11 Å². The Hall–Kier alpha value is -1.29. The van der Waals surface area contributed by atoms with E-state index >= 15 is 0 Å². The maximum absolute atomic E-state index is 5.15. The van der Waals surface area contributed by atoms with Crippen LogP contribution in [0.15, 0.2) is 24.3 Å². The van der Waals surface area contributed by atoms with Crippen molar-refractivity contribution in [3.63, 3.8) is 0 Å². The van der Waals surface area contributed by atoms with E-state index in [1.807, 2.05) is 24.3 Å². The summed E-state index contributed by atoms with van der Waals surface area (Å²) in [7, 11) is 1.67. The van der Waals surface area contributed by atoms with Crippen LogP contribution in [0.25, 0.3) is 0 Å². The molecule has 0 heterocycles. The molecule has 16 heavy (non-hydrogen) atoms. The Balaban J connectivity index is 2.38. The van der Waals surface area contributed by atoms with Gasteiger partial charge in [-0.05, 0) is 36.3 Å². The number of thiocarbonyl (C=S) groups is 1. The average Bonchev–Trinajstić information content (AvgIpc) is 2.34. The molecule has 88 valence electrons. The first-order chi connectivity index (χ1) is 7.76. The molecule has 0 aromatic heterocycles. The summed E-state index contributed by atoms with van der Waals surface area (Å²) in [4.78, 5) is 0. The number of nitrogens with one attached hydrogen (secondary N) is 2. The maximum atomic E-state index is 5.15. The molecule has 0 saturated heterocycles. The molecule has 0 bridgehead atoms. The van der Waals surface area contributed by atoms with E-state index < -0.39 is 0 Å². The molecule has 0 spiro atoms. The lowest BCUT2D eigenvalue weighted by Crippen LogP contribution is -2.35. The third-order valence-electron chi connectivity index (χ3n) is 2.12. The smallest absolute Gasteiger partial charge is 0.166 e. The van der Waals surface area contributed by atoms with Gasteiger partial charge in [0.1, 0.15) is 5.75 Å². The summed E-state index contributed by atoms with van der Waals surface area (Å²) in [6.45, 7) is 3.73. The molecule has 1 rings (SSSR count). The summed E-state index contributed by atoms with van der Waals surface area (Å²) in [6, 6.07) is 7.93. The number of benzene rings is 1. The number of ether oxygens (including phenoxy) is 1.